The van der Waals surface area contributed by atoms with Crippen molar-refractivity contribution in [1.82, 2.24) is 20.2 Å². The van der Waals surface area contributed by atoms with Gasteiger partial charge in [-0.25, -0.2) is 4.68 Å². The highest BCUT2D eigenvalue weighted by molar-refractivity contribution is 6.32. The Balaban J connectivity index is 1.57. The van der Waals surface area contributed by atoms with Crippen molar-refractivity contribution in [2.45, 2.75) is 0 Å². The number of aromatic nitrogens is 4. The molecule has 1 aromatic heterocycles. The standard InChI is InChI=1S/C15H11ClN6O4/c16-13-6-1-10(7-14(13)22(24)25)18-15(23)8-26-12-4-2-11(3-5-12)21-9-17-19-20-21/h1-7,9H,8H2,(H,18,23). The summed E-state index contributed by atoms with van der Waals surface area (Å²) in [5.41, 5.74) is 0.701. The molecule has 1 amide bonds. The third-order valence-corrected chi connectivity index (χ3v) is 3.57. The predicted octanol–water partition coefficient (Wildman–Crippen LogP) is 2.24. The number of carbonyl (C=O) groups is 1. The number of nitrogens with one attached hydrogen (secondary N) is 1. The summed E-state index contributed by atoms with van der Waals surface area (Å²) < 4.78 is 6.86. The molecule has 0 aliphatic heterocycles. The van der Waals surface area contributed by atoms with Crippen molar-refractivity contribution in [3.8, 4) is 11.4 Å². The van der Waals surface area contributed by atoms with Crippen LogP contribution in [-0.4, -0.2) is 37.6 Å². The first-order valence-electron chi connectivity index (χ1n) is 7.23. The van der Waals surface area contributed by atoms with Crippen LogP contribution in [0, 0.1) is 10.1 Å². The minimum absolute atomic E-state index is 0.00748. The number of ether oxygens (including phenoxy) is 1. The molecule has 1 N–H and O–H groups in total. The number of nitrogens with zero attached hydrogens (tertiary/aromatic N) is 5. The Morgan fingerprint density at radius 1 is 1.27 bits per heavy atom. The van der Waals surface area contributed by atoms with E-state index in [2.05, 4.69) is 20.8 Å². The predicted molar refractivity (Wildman–Crippen MR) is 91.4 cm³/mol. The molecule has 0 aliphatic rings. The Labute approximate surface area is 151 Å². The van der Waals surface area contributed by atoms with E-state index in [0.29, 0.717) is 5.75 Å². The number of benzene rings is 2. The first-order valence-corrected chi connectivity index (χ1v) is 7.61. The van der Waals surface area contributed by atoms with Gasteiger partial charge in [-0.15, -0.1) is 5.10 Å². The molecule has 0 bridgehead atoms. The van der Waals surface area contributed by atoms with E-state index in [1.54, 1.807) is 24.3 Å². The molecule has 0 saturated carbocycles. The van der Waals surface area contributed by atoms with E-state index in [9.17, 15) is 14.9 Å². The monoisotopic (exact) mass is 374 g/mol. The summed E-state index contributed by atoms with van der Waals surface area (Å²) in [5.74, 6) is 0.00485. The Morgan fingerprint density at radius 3 is 2.69 bits per heavy atom. The van der Waals surface area contributed by atoms with E-state index < -0.39 is 10.8 Å². The van der Waals surface area contributed by atoms with Crippen LogP contribution in [0.1, 0.15) is 0 Å². The summed E-state index contributed by atoms with van der Waals surface area (Å²) in [6, 6.07) is 10.8. The molecule has 0 saturated heterocycles. The van der Waals surface area contributed by atoms with Crippen molar-refractivity contribution < 1.29 is 14.5 Å². The third-order valence-electron chi connectivity index (χ3n) is 3.25. The van der Waals surface area contributed by atoms with Gasteiger partial charge in [0.25, 0.3) is 11.6 Å². The van der Waals surface area contributed by atoms with E-state index in [-0.39, 0.29) is 23.0 Å². The largest absolute Gasteiger partial charge is 0.484 e. The molecule has 0 aliphatic carbocycles. The number of rotatable bonds is 6. The van der Waals surface area contributed by atoms with Gasteiger partial charge in [-0.3, -0.25) is 14.9 Å². The number of tetrazole rings is 1. The number of hydrogen-bond donors (Lipinski definition) is 1. The molecule has 11 heteroatoms. The molecule has 1 heterocycles. The van der Waals surface area contributed by atoms with Gasteiger partial charge in [-0.2, -0.15) is 0 Å². The lowest BCUT2D eigenvalue weighted by Crippen LogP contribution is -2.20. The Hall–Kier alpha value is -3.53. The van der Waals surface area contributed by atoms with Crippen LogP contribution in [0.25, 0.3) is 5.69 Å². The molecule has 0 atom stereocenters. The molecule has 3 aromatic rings. The lowest BCUT2D eigenvalue weighted by molar-refractivity contribution is -0.384. The normalized spacial score (nSPS) is 10.3. The zero-order valence-corrected chi connectivity index (χ0v) is 13.8. The van der Waals surface area contributed by atoms with Crippen molar-refractivity contribution in [3.63, 3.8) is 0 Å². The molecule has 132 valence electrons. The fraction of sp³-hybridized carbons (Fsp3) is 0.0667. The van der Waals surface area contributed by atoms with Crippen LogP contribution < -0.4 is 10.1 Å². The van der Waals surface area contributed by atoms with Crippen LogP contribution >= 0.6 is 11.6 Å². The van der Waals surface area contributed by atoms with Crippen molar-refractivity contribution in [2.24, 2.45) is 0 Å². The van der Waals surface area contributed by atoms with Crippen LogP contribution in [0.5, 0.6) is 5.75 Å². The first kappa shape index (κ1) is 17.3. The van der Waals surface area contributed by atoms with E-state index >= 15 is 0 Å². The SMILES string of the molecule is O=C(COc1ccc(-n2cnnn2)cc1)Nc1ccc(Cl)c([N+](=O)[O-])c1. The number of nitro groups is 1. The fourth-order valence-corrected chi connectivity index (χ4v) is 2.24. The van der Waals surface area contributed by atoms with Gasteiger partial charge < -0.3 is 10.1 Å². The van der Waals surface area contributed by atoms with Crippen LogP contribution in [0.3, 0.4) is 0 Å². The number of anilines is 1. The third kappa shape index (κ3) is 4.11. The number of amides is 1. The lowest BCUT2D eigenvalue weighted by atomic mass is 10.3. The highest BCUT2D eigenvalue weighted by Gasteiger charge is 2.14. The summed E-state index contributed by atoms with van der Waals surface area (Å²) in [6.45, 7) is -0.263. The summed E-state index contributed by atoms with van der Waals surface area (Å²) in [7, 11) is 0. The van der Waals surface area contributed by atoms with Gasteiger partial charge >= 0.3 is 0 Å². The smallest absolute Gasteiger partial charge is 0.289 e. The molecule has 10 nitrogen and oxygen atoms in total. The first-order chi connectivity index (χ1) is 12.5. The van der Waals surface area contributed by atoms with Gasteiger partial charge in [-0.1, -0.05) is 11.6 Å². The van der Waals surface area contributed by atoms with Gasteiger partial charge in [-0.05, 0) is 46.8 Å². The topological polar surface area (TPSA) is 125 Å². The van der Waals surface area contributed by atoms with Gasteiger partial charge in [0.15, 0.2) is 6.61 Å². The average molecular weight is 375 g/mol. The molecular weight excluding hydrogens is 364 g/mol. The summed E-state index contributed by atoms with van der Waals surface area (Å²) >= 11 is 5.73. The number of nitro benzene ring substituents is 1. The maximum absolute atomic E-state index is 11.9. The van der Waals surface area contributed by atoms with Gasteiger partial charge in [0.05, 0.1) is 10.6 Å². The van der Waals surface area contributed by atoms with Crippen molar-refractivity contribution in [2.75, 3.05) is 11.9 Å². The molecule has 3 rings (SSSR count). The highest BCUT2D eigenvalue weighted by atomic mass is 35.5. The Morgan fingerprint density at radius 2 is 2.04 bits per heavy atom. The van der Waals surface area contributed by atoms with Crippen molar-refractivity contribution in [3.05, 3.63) is 63.9 Å². The second kappa shape index (κ2) is 7.57. The van der Waals surface area contributed by atoms with Gasteiger partial charge in [0.1, 0.15) is 17.1 Å². The molecular formula is C15H11ClN6O4. The lowest BCUT2D eigenvalue weighted by Gasteiger charge is -2.08. The summed E-state index contributed by atoms with van der Waals surface area (Å²) in [4.78, 5) is 22.2. The van der Waals surface area contributed by atoms with Gasteiger partial charge in [0.2, 0.25) is 0 Å². The Kier molecular flexibility index (Phi) is 5.04. The number of halogens is 1. The van der Waals surface area contributed by atoms with Crippen LogP contribution in [0.4, 0.5) is 11.4 Å². The molecule has 0 unspecified atom stereocenters. The van der Waals surface area contributed by atoms with E-state index in [4.69, 9.17) is 16.3 Å². The van der Waals surface area contributed by atoms with E-state index in [0.717, 1.165) is 5.69 Å². The maximum atomic E-state index is 11.9. The van der Waals surface area contributed by atoms with Crippen LogP contribution in [-0.2, 0) is 4.79 Å². The van der Waals surface area contributed by atoms with E-state index in [1.165, 1.54) is 29.2 Å². The summed E-state index contributed by atoms with van der Waals surface area (Å²) in [5, 5.41) is 24.2. The van der Waals surface area contributed by atoms with Crippen molar-refractivity contribution in [1.29, 1.82) is 0 Å². The van der Waals surface area contributed by atoms with Gasteiger partial charge in [0, 0.05) is 11.8 Å². The number of carbonyl (C=O) groups excluding carboxylic acids is 1. The van der Waals surface area contributed by atoms with E-state index in [1.807, 2.05) is 0 Å². The average Bonchev–Trinajstić information content (AvgIpc) is 3.16. The minimum Gasteiger partial charge on any atom is -0.484 e. The second-order valence-corrected chi connectivity index (χ2v) is 5.42. The van der Waals surface area contributed by atoms with Crippen LogP contribution in [0.2, 0.25) is 5.02 Å². The molecule has 26 heavy (non-hydrogen) atoms. The molecule has 2 aromatic carbocycles. The zero-order chi connectivity index (χ0) is 18.5. The second-order valence-electron chi connectivity index (χ2n) is 5.01. The zero-order valence-electron chi connectivity index (χ0n) is 13.1. The van der Waals surface area contributed by atoms with Crippen molar-refractivity contribution >= 4 is 28.9 Å². The maximum Gasteiger partial charge on any atom is 0.289 e. The Bertz CT molecular complexity index is 930. The van der Waals surface area contributed by atoms with Crippen LogP contribution in [0.15, 0.2) is 48.8 Å². The minimum atomic E-state index is -0.624. The highest BCUT2D eigenvalue weighted by Crippen LogP contribution is 2.27. The molecule has 0 radical (unpaired) electrons. The fourth-order valence-electron chi connectivity index (χ4n) is 2.05. The molecule has 0 fully saturated rings. The summed E-state index contributed by atoms with van der Waals surface area (Å²) in [6.07, 6.45) is 1.45. The number of hydrogen-bond acceptors (Lipinski definition) is 7. The quantitative estimate of drug-likeness (QED) is 0.518. The molecule has 0 spiro atoms.